The van der Waals surface area contributed by atoms with Gasteiger partial charge in [0.1, 0.15) is 5.83 Å². The number of hydrogen-bond acceptors (Lipinski definition) is 2. The summed E-state index contributed by atoms with van der Waals surface area (Å²) in [5.41, 5.74) is 0.253. The van der Waals surface area contributed by atoms with Crippen LogP contribution in [0, 0.1) is 0 Å². The van der Waals surface area contributed by atoms with Gasteiger partial charge in [-0.2, -0.15) is 0 Å². The van der Waals surface area contributed by atoms with Crippen LogP contribution in [-0.4, -0.2) is 13.1 Å². The van der Waals surface area contributed by atoms with Crippen LogP contribution in [0.4, 0.5) is 4.39 Å². The van der Waals surface area contributed by atoms with Gasteiger partial charge in [0.25, 0.3) is 0 Å². The third-order valence-electron chi connectivity index (χ3n) is 1.14. The van der Waals surface area contributed by atoms with E-state index in [1.165, 1.54) is 20.1 Å². The Morgan fingerprint density at radius 3 is 2.45 bits per heavy atom. The first-order valence-corrected chi connectivity index (χ1v) is 3.20. The second-order valence-electron chi connectivity index (χ2n) is 1.99. The van der Waals surface area contributed by atoms with Crippen molar-refractivity contribution < 1.29 is 13.9 Å². The predicted molar refractivity (Wildman–Crippen MR) is 40.6 cm³/mol. The molecule has 0 aromatic carbocycles. The molecule has 0 saturated carbocycles. The summed E-state index contributed by atoms with van der Waals surface area (Å²) < 4.78 is 16.8. The van der Waals surface area contributed by atoms with Crippen molar-refractivity contribution in [3.8, 4) is 0 Å². The van der Waals surface area contributed by atoms with Crippen LogP contribution in [-0.2, 0) is 9.53 Å². The Labute approximate surface area is 65.4 Å². The molecule has 0 amide bonds. The summed E-state index contributed by atoms with van der Waals surface area (Å²) in [6, 6.07) is 0. The minimum atomic E-state index is -0.512. The zero-order valence-electron chi connectivity index (χ0n) is 6.85. The molecule has 0 aliphatic rings. The fourth-order valence-corrected chi connectivity index (χ4v) is 0.510. The van der Waals surface area contributed by atoms with Gasteiger partial charge in [-0.1, -0.05) is 6.08 Å². The maximum Gasteiger partial charge on any atom is 0.333 e. The lowest BCUT2D eigenvalue weighted by Crippen LogP contribution is -2.01. The highest BCUT2D eigenvalue weighted by Crippen LogP contribution is 2.04. The number of methoxy groups -OCH3 is 1. The molecule has 0 aromatic rings. The van der Waals surface area contributed by atoms with Crippen LogP contribution in [0.2, 0.25) is 0 Å². The molecule has 0 unspecified atom stereocenters. The van der Waals surface area contributed by atoms with Gasteiger partial charge in [-0.25, -0.2) is 9.18 Å². The molecule has 3 heteroatoms. The standard InChI is InChI=1S/C8H11FO2/c1-4-7(9)5-6(2)8(10)11-3/h4-5H,1-3H3/b6-5+,7-4-. The first-order valence-electron chi connectivity index (χ1n) is 3.20. The monoisotopic (exact) mass is 158 g/mol. The molecule has 0 spiro atoms. The normalized spacial score (nSPS) is 13.1. The van der Waals surface area contributed by atoms with Crippen LogP contribution in [0.25, 0.3) is 0 Å². The van der Waals surface area contributed by atoms with Crippen molar-refractivity contribution in [3.05, 3.63) is 23.6 Å². The molecular weight excluding hydrogens is 147 g/mol. The van der Waals surface area contributed by atoms with E-state index >= 15 is 0 Å². The Balaban J connectivity index is 4.34. The molecule has 0 aromatic heterocycles. The van der Waals surface area contributed by atoms with E-state index in [-0.39, 0.29) is 5.57 Å². The van der Waals surface area contributed by atoms with E-state index in [4.69, 9.17) is 0 Å². The van der Waals surface area contributed by atoms with Gasteiger partial charge >= 0.3 is 5.97 Å². The van der Waals surface area contributed by atoms with Gasteiger partial charge < -0.3 is 4.74 Å². The van der Waals surface area contributed by atoms with Crippen molar-refractivity contribution in [1.29, 1.82) is 0 Å². The van der Waals surface area contributed by atoms with Gasteiger partial charge in [0.2, 0.25) is 0 Å². The maximum atomic E-state index is 12.5. The van der Waals surface area contributed by atoms with Gasteiger partial charge in [-0.3, -0.25) is 0 Å². The molecule has 2 nitrogen and oxygen atoms in total. The van der Waals surface area contributed by atoms with E-state index in [0.717, 1.165) is 6.08 Å². The van der Waals surface area contributed by atoms with E-state index in [2.05, 4.69) is 4.74 Å². The molecule has 0 bridgehead atoms. The van der Waals surface area contributed by atoms with Crippen molar-refractivity contribution in [2.24, 2.45) is 0 Å². The fourth-order valence-electron chi connectivity index (χ4n) is 0.510. The number of carbonyl (C=O) groups excluding carboxylic acids is 1. The van der Waals surface area contributed by atoms with Gasteiger partial charge in [-0.15, -0.1) is 0 Å². The summed E-state index contributed by atoms with van der Waals surface area (Å²) in [7, 11) is 1.26. The number of rotatable bonds is 2. The summed E-state index contributed by atoms with van der Waals surface area (Å²) in [4.78, 5) is 10.7. The van der Waals surface area contributed by atoms with Crippen molar-refractivity contribution >= 4 is 5.97 Å². The number of carbonyl (C=O) groups is 1. The Bertz CT molecular complexity index is 204. The highest BCUT2D eigenvalue weighted by atomic mass is 19.1. The molecule has 62 valence electrons. The summed E-state index contributed by atoms with van der Waals surface area (Å²) >= 11 is 0. The Morgan fingerprint density at radius 1 is 1.55 bits per heavy atom. The van der Waals surface area contributed by atoms with Crippen molar-refractivity contribution in [3.63, 3.8) is 0 Å². The zero-order chi connectivity index (χ0) is 8.85. The van der Waals surface area contributed by atoms with Crippen LogP contribution in [0.15, 0.2) is 23.6 Å². The SMILES string of the molecule is C/C=C(F)/C=C(\C)C(=O)OC. The lowest BCUT2D eigenvalue weighted by Gasteiger charge is -1.96. The van der Waals surface area contributed by atoms with Crippen LogP contribution < -0.4 is 0 Å². The summed E-state index contributed by atoms with van der Waals surface area (Å²) in [6.45, 7) is 3.05. The van der Waals surface area contributed by atoms with Gasteiger partial charge in [0, 0.05) is 5.57 Å². The van der Waals surface area contributed by atoms with E-state index < -0.39 is 11.8 Å². The molecule has 0 N–H and O–H groups in total. The molecule has 0 heterocycles. The summed E-state index contributed by atoms with van der Waals surface area (Å²) in [6.07, 6.45) is 2.40. The van der Waals surface area contributed by atoms with Crippen molar-refractivity contribution in [2.45, 2.75) is 13.8 Å². The number of ether oxygens (including phenoxy) is 1. The van der Waals surface area contributed by atoms with Crippen LogP contribution in [0.1, 0.15) is 13.8 Å². The van der Waals surface area contributed by atoms with Crippen LogP contribution in [0.3, 0.4) is 0 Å². The molecule has 0 fully saturated rings. The molecule has 0 saturated heterocycles. The molecule has 0 aliphatic carbocycles. The molecule has 0 aliphatic heterocycles. The number of allylic oxidation sites excluding steroid dienone is 3. The van der Waals surface area contributed by atoms with Crippen LogP contribution >= 0.6 is 0 Å². The second kappa shape index (κ2) is 4.66. The quantitative estimate of drug-likeness (QED) is 0.349. The smallest absolute Gasteiger partial charge is 0.333 e. The lowest BCUT2D eigenvalue weighted by molar-refractivity contribution is -0.136. The molecule has 0 atom stereocenters. The zero-order valence-corrected chi connectivity index (χ0v) is 6.85. The first kappa shape index (κ1) is 9.88. The van der Waals surface area contributed by atoms with Crippen molar-refractivity contribution in [1.82, 2.24) is 0 Å². The number of halogens is 1. The number of esters is 1. The second-order valence-corrected chi connectivity index (χ2v) is 1.99. The minimum absolute atomic E-state index is 0.253. The molecular formula is C8H11FO2. The van der Waals surface area contributed by atoms with Gasteiger partial charge in [-0.05, 0) is 19.9 Å². The predicted octanol–water partition coefficient (Wildman–Crippen LogP) is 1.98. The number of hydrogen-bond donors (Lipinski definition) is 0. The topological polar surface area (TPSA) is 26.3 Å². The lowest BCUT2D eigenvalue weighted by atomic mass is 10.2. The Hall–Kier alpha value is -1.12. The third kappa shape index (κ3) is 3.55. The van der Waals surface area contributed by atoms with Crippen LogP contribution in [0.5, 0.6) is 0 Å². The minimum Gasteiger partial charge on any atom is -0.466 e. The Kier molecular flexibility index (Phi) is 4.18. The highest BCUT2D eigenvalue weighted by molar-refractivity contribution is 5.88. The van der Waals surface area contributed by atoms with Gasteiger partial charge in [0.05, 0.1) is 7.11 Å². The fraction of sp³-hybridized carbons (Fsp3) is 0.375. The average molecular weight is 158 g/mol. The van der Waals surface area contributed by atoms with E-state index in [1.807, 2.05) is 0 Å². The first-order chi connectivity index (χ1) is 5.11. The largest absolute Gasteiger partial charge is 0.466 e. The molecule has 0 radical (unpaired) electrons. The summed E-state index contributed by atoms with van der Waals surface area (Å²) in [5.74, 6) is -0.949. The van der Waals surface area contributed by atoms with E-state index in [0.29, 0.717) is 0 Å². The average Bonchev–Trinajstić information content (AvgIpc) is 2.02. The van der Waals surface area contributed by atoms with Crippen molar-refractivity contribution in [2.75, 3.05) is 7.11 Å². The third-order valence-corrected chi connectivity index (χ3v) is 1.14. The molecule has 0 rings (SSSR count). The van der Waals surface area contributed by atoms with Gasteiger partial charge in [0.15, 0.2) is 0 Å². The Morgan fingerprint density at radius 2 is 2.09 bits per heavy atom. The van der Waals surface area contributed by atoms with E-state index in [9.17, 15) is 9.18 Å². The summed E-state index contributed by atoms with van der Waals surface area (Å²) in [5, 5.41) is 0. The maximum absolute atomic E-state index is 12.5. The molecule has 11 heavy (non-hydrogen) atoms. The highest BCUT2D eigenvalue weighted by Gasteiger charge is 2.02. The van der Waals surface area contributed by atoms with E-state index in [1.54, 1.807) is 6.92 Å².